The molecule has 2 N–H and O–H groups in total. The van der Waals surface area contributed by atoms with Crippen LogP contribution in [0.4, 0.5) is 11.6 Å². The highest BCUT2D eigenvalue weighted by Crippen LogP contribution is 2.27. The molecule has 120 valence electrons. The predicted octanol–water partition coefficient (Wildman–Crippen LogP) is 2.44. The molecular weight excluding hydrogens is 262 g/mol. The van der Waals surface area contributed by atoms with Crippen molar-refractivity contribution < 1.29 is 0 Å². The van der Waals surface area contributed by atoms with Crippen molar-refractivity contribution in [1.82, 2.24) is 14.9 Å². The fourth-order valence-corrected chi connectivity index (χ4v) is 2.16. The topological polar surface area (TPSA) is 58.3 Å². The van der Waals surface area contributed by atoms with Crippen molar-refractivity contribution in [3.05, 3.63) is 11.4 Å². The summed E-state index contributed by atoms with van der Waals surface area (Å²) < 4.78 is 0. The highest BCUT2D eigenvalue weighted by molar-refractivity contribution is 5.56. The van der Waals surface area contributed by atoms with Gasteiger partial charge in [-0.1, -0.05) is 20.8 Å². The first-order valence-corrected chi connectivity index (χ1v) is 7.71. The summed E-state index contributed by atoms with van der Waals surface area (Å²) in [6.07, 6.45) is 1.11. The minimum atomic E-state index is -0.0976. The summed E-state index contributed by atoms with van der Waals surface area (Å²) in [5, 5.41) is 0. The number of aromatic nitrogens is 2. The summed E-state index contributed by atoms with van der Waals surface area (Å²) in [5.74, 6) is 2.39. The second-order valence-electron chi connectivity index (χ2n) is 6.87. The maximum atomic E-state index is 6.10. The van der Waals surface area contributed by atoms with Crippen molar-refractivity contribution in [3.63, 3.8) is 0 Å². The molecule has 0 aliphatic rings. The van der Waals surface area contributed by atoms with Crippen LogP contribution in [0.2, 0.25) is 0 Å². The monoisotopic (exact) mass is 293 g/mol. The van der Waals surface area contributed by atoms with E-state index in [4.69, 9.17) is 10.7 Å². The highest BCUT2D eigenvalue weighted by Gasteiger charge is 2.22. The Morgan fingerprint density at radius 2 is 1.71 bits per heavy atom. The first-order valence-electron chi connectivity index (χ1n) is 7.71. The zero-order chi connectivity index (χ0) is 16.2. The fraction of sp³-hybridized carbons (Fsp3) is 0.750. The second kappa shape index (κ2) is 7.07. The molecule has 1 aromatic heterocycles. The summed E-state index contributed by atoms with van der Waals surface area (Å²) in [5.41, 5.74) is 6.99. The Labute approximate surface area is 129 Å². The molecule has 0 bridgehead atoms. The van der Waals surface area contributed by atoms with E-state index in [2.05, 4.69) is 56.6 Å². The second-order valence-corrected chi connectivity index (χ2v) is 6.87. The van der Waals surface area contributed by atoms with E-state index in [0.717, 1.165) is 43.3 Å². The van der Waals surface area contributed by atoms with Crippen LogP contribution >= 0.6 is 0 Å². The van der Waals surface area contributed by atoms with Crippen molar-refractivity contribution in [1.29, 1.82) is 0 Å². The van der Waals surface area contributed by atoms with E-state index in [1.54, 1.807) is 0 Å². The van der Waals surface area contributed by atoms with Crippen molar-refractivity contribution in [2.24, 2.45) is 0 Å². The molecule has 0 aliphatic heterocycles. The van der Waals surface area contributed by atoms with E-state index in [1.807, 2.05) is 6.92 Å². The molecule has 0 aliphatic carbocycles. The molecule has 0 saturated heterocycles. The van der Waals surface area contributed by atoms with Gasteiger partial charge in [-0.3, -0.25) is 0 Å². The lowest BCUT2D eigenvalue weighted by Crippen LogP contribution is -2.30. The molecule has 1 heterocycles. The van der Waals surface area contributed by atoms with Crippen molar-refractivity contribution in [3.8, 4) is 0 Å². The molecule has 0 spiro atoms. The zero-order valence-corrected chi connectivity index (χ0v) is 14.7. The van der Waals surface area contributed by atoms with Crippen molar-refractivity contribution >= 4 is 11.6 Å². The van der Waals surface area contributed by atoms with Crippen LogP contribution < -0.4 is 10.6 Å². The Balaban J connectivity index is 3.05. The van der Waals surface area contributed by atoms with E-state index in [9.17, 15) is 0 Å². The first kappa shape index (κ1) is 17.7. The van der Waals surface area contributed by atoms with E-state index in [0.29, 0.717) is 5.82 Å². The summed E-state index contributed by atoms with van der Waals surface area (Å²) in [6.45, 7) is 13.5. The largest absolute Gasteiger partial charge is 0.383 e. The van der Waals surface area contributed by atoms with Crippen LogP contribution in [0.3, 0.4) is 0 Å². The third kappa shape index (κ3) is 4.84. The SMILES string of the molecule is CCN(CCCN(C)C)c1nc(C(C)(C)C)nc(N)c1C. The summed E-state index contributed by atoms with van der Waals surface area (Å²) >= 11 is 0. The number of hydrogen-bond acceptors (Lipinski definition) is 5. The number of hydrogen-bond donors (Lipinski definition) is 1. The van der Waals surface area contributed by atoms with Crippen LogP contribution in [-0.2, 0) is 5.41 Å². The third-order valence-corrected chi connectivity index (χ3v) is 3.54. The standard InChI is InChI=1S/C16H31N5/c1-8-21(11-9-10-20(6)7)14-12(2)13(17)18-15(19-14)16(3,4)5/h8-11H2,1-7H3,(H2,17,18,19). The fourth-order valence-electron chi connectivity index (χ4n) is 2.16. The van der Waals surface area contributed by atoms with Crippen LogP contribution in [0.1, 0.15) is 45.5 Å². The maximum absolute atomic E-state index is 6.10. The van der Waals surface area contributed by atoms with Gasteiger partial charge in [0.05, 0.1) is 0 Å². The quantitative estimate of drug-likeness (QED) is 0.873. The molecule has 0 saturated carbocycles. The van der Waals surface area contributed by atoms with Crippen molar-refractivity contribution in [2.45, 2.75) is 46.5 Å². The molecule has 0 fully saturated rings. The minimum Gasteiger partial charge on any atom is -0.383 e. The number of nitrogen functional groups attached to an aromatic ring is 1. The van der Waals surface area contributed by atoms with Gasteiger partial charge in [-0.15, -0.1) is 0 Å². The lowest BCUT2D eigenvalue weighted by Gasteiger charge is -2.27. The van der Waals surface area contributed by atoms with Crippen LogP contribution in [0, 0.1) is 6.92 Å². The van der Waals surface area contributed by atoms with Gasteiger partial charge >= 0.3 is 0 Å². The lowest BCUT2D eigenvalue weighted by atomic mass is 9.95. The van der Waals surface area contributed by atoms with Gasteiger partial charge in [-0.05, 0) is 40.9 Å². The average Bonchev–Trinajstić information content (AvgIpc) is 2.36. The molecule has 21 heavy (non-hydrogen) atoms. The Bertz CT molecular complexity index is 462. The third-order valence-electron chi connectivity index (χ3n) is 3.54. The van der Waals surface area contributed by atoms with Crippen LogP contribution in [0.25, 0.3) is 0 Å². The molecule has 0 radical (unpaired) electrons. The Hall–Kier alpha value is -1.36. The van der Waals surface area contributed by atoms with Gasteiger partial charge < -0.3 is 15.5 Å². The van der Waals surface area contributed by atoms with E-state index in [-0.39, 0.29) is 5.41 Å². The number of rotatable bonds is 6. The lowest BCUT2D eigenvalue weighted by molar-refractivity contribution is 0.400. The molecule has 0 unspecified atom stereocenters. The Kier molecular flexibility index (Phi) is 5.96. The van der Waals surface area contributed by atoms with Gasteiger partial charge in [0.15, 0.2) is 0 Å². The van der Waals surface area contributed by atoms with Gasteiger partial charge in [-0.25, -0.2) is 9.97 Å². The molecule has 5 heteroatoms. The predicted molar refractivity (Wildman–Crippen MR) is 90.9 cm³/mol. The number of nitrogens with two attached hydrogens (primary N) is 1. The Morgan fingerprint density at radius 3 is 2.19 bits per heavy atom. The molecule has 5 nitrogen and oxygen atoms in total. The first-order chi connectivity index (χ1) is 9.66. The molecular formula is C16H31N5. The molecule has 0 aromatic carbocycles. The van der Waals surface area contributed by atoms with E-state index >= 15 is 0 Å². The van der Waals surface area contributed by atoms with Gasteiger partial charge in [0, 0.05) is 24.1 Å². The smallest absolute Gasteiger partial charge is 0.138 e. The minimum absolute atomic E-state index is 0.0976. The van der Waals surface area contributed by atoms with Gasteiger partial charge in [0.25, 0.3) is 0 Å². The normalized spacial score (nSPS) is 12.0. The molecule has 1 aromatic rings. The van der Waals surface area contributed by atoms with Gasteiger partial charge in [0.1, 0.15) is 17.5 Å². The zero-order valence-electron chi connectivity index (χ0n) is 14.7. The van der Waals surface area contributed by atoms with Crippen LogP contribution in [0.15, 0.2) is 0 Å². The molecule has 0 atom stereocenters. The summed E-state index contributed by atoms with van der Waals surface area (Å²) in [7, 11) is 4.20. The van der Waals surface area contributed by atoms with E-state index < -0.39 is 0 Å². The Morgan fingerprint density at radius 1 is 1.10 bits per heavy atom. The van der Waals surface area contributed by atoms with Crippen LogP contribution in [0.5, 0.6) is 0 Å². The number of nitrogens with zero attached hydrogens (tertiary/aromatic N) is 4. The maximum Gasteiger partial charge on any atom is 0.138 e. The van der Waals surface area contributed by atoms with Crippen LogP contribution in [-0.4, -0.2) is 48.6 Å². The van der Waals surface area contributed by atoms with E-state index in [1.165, 1.54) is 0 Å². The number of anilines is 2. The van der Waals surface area contributed by atoms with Gasteiger partial charge in [-0.2, -0.15) is 0 Å². The highest BCUT2D eigenvalue weighted by atomic mass is 15.2. The molecule has 0 amide bonds. The van der Waals surface area contributed by atoms with Gasteiger partial charge in [0.2, 0.25) is 0 Å². The summed E-state index contributed by atoms with van der Waals surface area (Å²) in [4.78, 5) is 13.8. The summed E-state index contributed by atoms with van der Waals surface area (Å²) in [6, 6.07) is 0. The van der Waals surface area contributed by atoms with Crippen molar-refractivity contribution in [2.75, 3.05) is 44.4 Å². The average molecular weight is 293 g/mol. The molecule has 1 rings (SSSR count).